The van der Waals surface area contributed by atoms with Gasteiger partial charge in [-0.3, -0.25) is 14.9 Å². The number of H-pyrrole nitrogens is 1. The zero-order valence-corrected chi connectivity index (χ0v) is 16.1. The molecule has 0 aliphatic heterocycles. The van der Waals surface area contributed by atoms with Gasteiger partial charge in [0, 0.05) is 48.6 Å². The van der Waals surface area contributed by atoms with Crippen LogP contribution in [0.1, 0.15) is 39.1 Å². The highest BCUT2D eigenvalue weighted by Crippen LogP contribution is 2.18. The molecule has 0 aliphatic carbocycles. The maximum Gasteiger partial charge on any atom is 0.287 e. The number of carbonyl (C=O) groups is 1. The van der Waals surface area contributed by atoms with Gasteiger partial charge in [0.2, 0.25) is 0 Å². The van der Waals surface area contributed by atoms with Crippen LogP contribution in [0.4, 0.5) is 0 Å². The van der Waals surface area contributed by atoms with Crippen LogP contribution in [-0.4, -0.2) is 37.8 Å². The van der Waals surface area contributed by atoms with Gasteiger partial charge in [-0.05, 0) is 38.1 Å². The van der Waals surface area contributed by atoms with Gasteiger partial charge in [0.1, 0.15) is 5.76 Å². The fraction of sp³-hybridized carbons (Fsp3) is 0.250. The Morgan fingerprint density at radius 2 is 2.00 bits per heavy atom. The maximum absolute atomic E-state index is 12.3. The number of pyridine rings is 1. The SMILES string of the molecule is Cc1n[nH]c(C)c1Cc1ccc(C(=O)NCCc2noc(-c3ccncc3)n2)o1. The molecule has 0 fully saturated rings. The lowest BCUT2D eigenvalue weighted by atomic mass is 10.1. The third-order valence-corrected chi connectivity index (χ3v) is 4.55. The van der Waals surface area contributed by atoms with Crippen LogP contribution in [0.3, 0.4) is 0 Å². The Bertz CT molecular complexity index is 1090. The van der Waals surface area contributed by atoms with Gasteiger partial charge >= 0.3 is 0 Å². The first-order chi connectivity index (χ1) is 14.1. The predicted molar refractivity (Wildman–Crippen MR) is 103 cm³/mol. The predicted octanol–water partition coefficient (Wildman–Crippen LogP) is 2.63. The van der Waals surface area contributed by atoms with Crippen molar-refractivity contribution in [3.05, 3.63) is 71.0 Å². The molecule has 2 N–H and O–H groups in total. The Balaban J connectivity index is 1.30. The van der Waals surface area contributed by atoms with Gasteiger partial charge in [0.25, 0.3) is 11.8 Å². The second-order valence-electron chi connectivity index (χ2n) is 6.61. The van der Waals surface area contributed by atoms with Crippen molar-refractivity contribution in [1.82, 2.24) is 30.6 Å². The molecule has 0 saturated carbocycles. The lowest BCUT2D eigenvalue weighted by Gasteiger charge is -2.01. The summed E-state index contributed by atoms with van der Waals surface area (Å²) in [7, 11) is 0. The fourth-order valence-electron chi connectivity index (χ4n) is 2.95. The molecule has 4 heterocycles. The molecule has 148 valence electrons. The van der Waals surface area contributed by atoms with E-state index >= 15 is 0 Å². The van der Waals surface area contributed by atoms with Crippen molar-refractivity contribution in [2.24, 2.45) is 0 Å². The summed E-state index contributed by atoms with van der Waals surface area (Å²) in [5.41, 5.74) is 3.80. The molecule has 0 bridgehead atoms. The van der Waals surface area contributed by atoms with E-state index in [0.29, 0.717) is 36.9 Å². The van der Waals surface area contributed by atoms with Gasteiger partial charge < -0.3 is 14.3 Å². The van der Waals surface area contributed by atoms with Gasteiger partial charge in [-0.25, -0.2) is 0 Å². The summed E-state index contributed by atoms with van der Waals surface area (Å²) in [4.78, 5) is 20.6. The highest BCUT2D eigenvalue weighted by molar-refractivity contribution is 5.91. The number of amides is 1. The number of aromatic amines is 1. The third kappa shape index (κ3) is 4.23. The van der Waals surface area contributed by atoms with E-state index in [9.17, 15) is 4.79 Å². The van der Waals surface area contributed by atoms with Crippen LogP contribution in [0.2, 0.25) is 0 Å². The largest absolute Gasteiger partial charge is 0.456 e. The number of carbonyl (C=O) groups excluding carboxylic acids is 1. The average Bonchev–Trinajstić information content (AvgIpc) is 3.46. The van der Waals surface area contributed by atoms with Crippen molar-refractivity contribution in [3.63, 3.8) is 0 Å². The van der Waals surface area contributed by atoms with Gasteiger partial charge in [-0.1, -0.05) is 5.16 Å². The summed E-state index contributed by atoms with van der Waals surface area (Å²) >= 11 is 0. The molecule has 9 nitrogen and oxygen atoms in total. The topological polar surface area (TPSA) is 123 Å². The van der Waals surface area contributed by atoms with Crippen LogP contribution in [-0.2, 0) is 12.8 Å². The second kappa shape index (κ2) is 8.09. The Labute approximate surface area is 166 Å². The first-order valence-corrected chi connectivity index (χ1v) is 9.20. The quantitative estimate of drug-likeness (QED) is 0.495. The summed E-state index contributed by atoms with van der Waals surface area (Å²) in [6, 6.07) is 7.06. The molecule has 0 radical (unpaired) electrons. The van der Waals surface area contributed by atoms with Crippen molar-refractivity contribution in [2.75, 3.05) is 6.54 Å². The van der Waals surface area contributed by atoms with Crippen LogP contribution in [0.15, 0.2) is 45.6 Å². The molecule has 29 heavy (non-hydrogen) atoms. The van der Waals surface area contributed by atoms with Crippen LogP contribution >= 0.6 is 0 Å². The standard InChI is InChI=1S/C20H20N6O3/c1-12-16(13(2)25-24-12)11-15-3-4-17(28-15)19(27)22-10-7-18-23-20(29-26-18)14-5-8-21-9-6-14/h3-6,8-9H,7,10-11H2,1-2H3,(H,22,27)(H,24,25). The summed E-state index contributed by atoms with van der Waals surface area (Å²) in [5, 5.41) is 13.9. The average molecular weight is 392 g/mol. The van der Waals surface area contributed by atoms with Crippen LogP contribution in [0.25, 0.3) is 11.5 Å². The first-order valence-electron chi connectivity index (χ1n) is 9.20. The Hall–Kier alpha value is -3.75. The first kappa shape index (κ1) is 18.6. The van der Waals surface area contributed by atoms with E-state index in [4.69, 9.17) is 8.94 Å². The number of hydrogen-bond acceptors (Lipinski definition) is 7. The van der Waals surface area contributed by atoms with E-state index in [1.54, 1.807) is 36.7 Å². The monoisotopic (exact) mass is 392 g/mol. The molecule has 0 saturated heterocycles. The highest BCUT2D eigenvalue weighted by Gasteiger charge is 2.15. The van der Waals surface area contributed by atoms with Crippen LogP contribution in [0, 0.1) is 13.8 Å². The van der Waals surface area contributed by atoms with E-state index in [1.165, 1.54) is 0 Å². The highest BCUT2D eigenvalue weighted by atomic mass is 16.5. The Morgan fingerprint density at radius 1 is 1.17 bits per heavy atom. The smallest absolute Gasteiger partial charge is 0.287 e. The van der Waals surface area contributed by atoms with Gasteiger partial charge in [0.15, 0.2) is 11.6 Å². The second-order valence-corrected chi connectivity index (χ2v) is 6.61. The molecule has 0 atom stereocenters. The molecular weight excluding hydrogens is 372 g/mol. The van der Waals surface area contributed by atoms with Crippen molar-refractivity contribution in [3.8, 4) is 11.5 Å². The molecule has 0 spiro atoms. The number of nitrogens with one attached hydrogen (secondary N) is 2. The van der Waals surface area contributed by atoms with Gasteiger partial charge in [-0.2, -0.15) is 10.1 Å². The number of aromatic nitrogens is 5. The molecule has 0 aromatic carbocycles. The normalized spacial score (nSPS) is 11.0. The van der Waals surface area contributed by atoms with E-state index in [0.717, 1.165) is 22.5 Å². The van der Waals surface area contributed by atoms with Crippen LogP contribution < -0.4 is 5.32 Å². The minimum atomic E-state index is -0.283. The zero-order chi connectivity index (χ0) is 20.2. The summed E-state index contributed by atoms with van der Waals surface area (Å²) in [6.07, 6.45) is 4.35. The third-order valence-electron chi connectivity index (χ3n) is 4.55. The fourth-order valence-corrected chi connectivity index (χ4v) is 2.95. The van der Waals surface area contributed by atoms with Crippen molar-refractivity contribution < 1.29 is 13.7 Å². The van der Waals surface area contributed by atoms with Gasteiger partial charge in [0.05, 0.1) is 5.69 Å². The molecule has 0 unspecified atom stereocenters. The van der Waals surface area contributed by atoms with Gasteiger partial charge in [-0.15, -0.1) is 0 Å². The maximum atomic E-state index is 12.3. The number of rotatable bonds is 7. The Morgan fingerprint density at radius 3 is 2.76 bits per heavy atom. The van der Waals surface area contributed by atoms with E-state index in [2.05, 4.69) is 30.6 Å². The molecule has 9 heteroatoms. The summed E-state index contributed by atoms with van der Waals surface area (Å²) < 4.78 is 10.9. The minimum absolute atomic E-state index is 0.268. The van der Waals surface area contributed by atoms with Crippen molar-refractivity contribution >= 4 is 5.91 Å². The number of nitrogens with zero attached hydrogens (tertiary/aromatic N) is 4. The molecule has 4 aromatic rings. The van der Waals surface area contributed by atoms with E-state index in [-0.39, 0.29) is 11.7 Å². The lowest BCUT2D eigenvalue weighted by Crippen LogP contribution is -2.25. The van der Waals surface area contributed by atoms with Crippen molar-refractivity contribution in [2.45, 2.75) is 26.7 Å². The summed E-state index contributed by atoms with van der Waals surface area (Å²) in [6.45, 7) is 4.27. The summed E-state index contributed by atoms with van der Waals surface area (Å²) in [5.74, 6) is 1.64. The number of hydrogen-bond donors (Lipinski definition) is 2. The van der Waals surface area contributed by atoms with Crippen LogP contribution in [0.5, 0.6) is 0 Å². The van der Waals surface area contributed by atoms with E-state index < -0.39 is 0 Å². The Kier molecular flexibility index (Phi) is 5.19. The minimum Gasteiger partial charge on any atom is -0.456 e. The number of aryl methyl sites for hydroxylation is 2. The molecule has 0 aliphatic rings. The molecular formula is C20H20N6O3. The molecule has 1 amide bonds. The molecule has 4 rings (SSSR count). The zero-order valence-electron chi connectivity index (χ0n) is 16.1. The number of furan rings is 1. The van der Waals surface area contributed by atoms with Crippen molar-refractivity contribution in [1.29, 1.82) is 0 Å². The lowest BCUT2D eigenvalue weighted by molar-refractivity contribution is 0.0924. The van der Waals surface area contributed by atoms with E-state index in [1.807, 2.05) is 13.8 Å². The molecule has 4 aromatic heterocycles.